The van der Waals surface area contributed by atoms with Crippen LogP contribution in [-0.4, -0.2) is 72.1 Å². The fourth-order valence-corrected chi connectivity index (χ4v) is 4.45. The van der Waals surface area contributed by atoms with Gasteiger partial charge in [-0.05, 0) is 42.5 Å². The fourth-order valence-electron chi connectivity index (χ4n) is 4.18. The third kappa shape index (κ3) is 6.43. The van der Waals surface area contributed by atoms with Crippen LogP contribution in [0.15, 0.2) is 76.7 Å². The van der Waals surface area contributed by atoms with Crippen LogP contribution in [0.2, 0.25) is 5.02 Å². The SMILES string of the molecule is O=C(Nc1cccc(C2=NCC(O)CN2)c1)c1ccc(C(=O)Nc2cccc(C3=NCC(O)CN3)c2)c(Cl)c1. The summed E-state index contributed by atoms with van der Waals surface area (Å²) < 4.78 is 0. The van der Waals surface area contributed by atoms with Crippen molar-refractivity contribution in [2.45, 2.75) is 12.2 Å². The van der Waals surface area contributed by atoms with Gasteiger partial charge >= 0.3 is 0 Å². The van der Waals surface area contributed by atoms with Gasteiger partial charge in [-0.3, -0.25) is 19.6 Å². The van der Waals surface area contributed by atoms with E-state index >= 15 is 0 Å². The molecule has 2 aliphatic rings. The molecule has 2 unspecified atom stereocenters. The monoisotopic (exact) mass is 546 g/mol. The maximum absolute atomic E-state index is 12.9. The highest BCUT2D eigenvalue weighted by atomic mass is 35.5. The normalized spacial score (nSPS) is 18.6. The molecule has 2 atom stereocenters. The summed E-state index contributed by atoms with van der Waals surface area (Å²) in [5.41, 5.74) is 3.21. The van der Waals surface area contributed by atoms with Crippen LogP contribution in [-0.2, 0) is 0 Å². The molecule has 3 aromatic rings. The first-order chi connectivity index (χ1) is 18.9. The highest BCUT2D eigenvalue weighted by Crippen LogP contribution is 2.22. The summed E-state index contributed by atoms with van der Waals surface area (Å²) in [5.74, 6) is 0.504. The van der Waals surface area contributed by atoms with E-state index in [9.17, 15) is 19.8 Å². The number of halogens is 1. The molecule has 3 aromatic carbocycles. The second-order valence-corrected chi connectivity index (χ2v) is 9.62. The zero-order chi connectivity index (χ0) is 27.4. The highest BCUT2D eigenvalue weighted by Gasteiger charge is 2.18. The largest absolute Gasteiger partial charge is 0.389 e. The van der Waals surface area contributed by atoms with Crippen LogP contribution in [0.4, 0.5) is 11.4 Å². The lowest BCUT2D eigenvalue weighted by Crippen LogP contribution is -2.39. The molecule has 2 aliphatic heterocycles. The average molecular weight is 547 g/mol. The van der Waals surface area contributed by atoms with Crippen molar-refractivity contribution in [1.82, 2.24) is 10.6 Å². The number of carbonyl (C=O) groups excluding carboxylic acids is 2. The Morgan fingerprint density at radius 2 is 1.31 bits per heavy atom. The lowest BCUT2D eigenvalue weighted by Gasteiger charge is -2.19. The topological polar surface area (TPSA) is 147 Å². The number of β-amino-alcohol motifs (C(OH)–C–C–N with tert-alkyl or cyclic N) is 2. The Bertz CT molecular complexity index is 1470. The number of nitrogens with one attached hydrogen (secondary N) is 4. The molecule has 0 saturated heterocycles. The van der Waals surface area contributed by atoms with Crippen LogP contribution >= 0.6 is 11.6 Å². The summed E-state index contributed by atoms with van der Waals surface area (Å²) in [7, 11) is 0. The Hall–Kier alpha value is -4.25. The van der Waals surface area contributed by atoms with Crippen LogP contribution in [0.3, 0.4) is 0 Å². The molecule has 5 rings (SSSR count). The van der Waals surface area contributed by atoms with E-state index in [-0.39, 0.29) is 16.5 Å². The van der Waals surface area contributed by atoms with Crippen LogP contribution in [0.25, 0.3) is 0 Å². The molecule has 0 fully saturated rings. The molecule has 0 aliphatic carbocycles. The van der Waals surface area contributed by atoms with Crippen molar-refractivity contribution >= 4 is 46.5 Å². The highest BCUT2D eigenvalue weighted by molar-refractivity contribution is 6.35. The third-order valence-corrected chi connectivity index (χ3v) is 6.51. The molecule has 0 aromatic heterocycles. The van der Waals surface area contributed by atoms with E-state index in [4.69, 9.17) is 11.6 Å². The number of carbonyl (C=O) groups is 2. The van der Waals surface area contributed by atoms with Gasteiger partial charge in [0.25, 0.3) is 11.8 Å². The first kappa shape index (κ1) is 26.4. The number of hydrogen-bond donors (Lipinski definition) is 6. The van der Waals surface area contributed by atoms with Crippen molar-refractivity contribution in [3.8, 4) is 0 Å². The number of benzene rings is 3. The Labute approximate surface area is 229 Å². The minimum Gasteiger partial charge on any atom is -0.389 e. The average Bonchev–Trinajstić information content (AvgIpc) is 2.94. The molecular formula is C28H27ClN6O4. The fraction of sp³-hybridized carbons (Fsp3) is 0.214. The standard InChI is InChI=1S/C28H27ClN6O4/c29-24-11-18(27(38)34-19-5-1-3-16(9-19)25-30-12-21(36)13-31-25)7-8-23(24)28(39)35-20-6-2-4-17(10-20)26-32-14-22(37)15-33-26/h1-11,21-22,36-37H,12-15H2,(H,30,31)(H,32,33)(H,34,38)(H,35,39). The van der Waals surface area contributed by atoms with Gasteiger partial charge < -0.3 is 31.5 Å². The van der Waals surface area contributed by atoms with Gasteiger partial charge in [0.15, 0.2) is 0 Å². The second kappa shape index (κ2) is 11.6. The van der Waals surface area contributed by atoms with Gasteiger partial charge in [-0.2, -0.15) is 0 Å². The van der Waals surface area contributed by atoms with E-state index < -0.39 is 18.1 Å². The van der Waals surface area contributed by atoms with Gasteiger partial charge in [0.1, 0.15) is 11.7 Å². The van der Waals surface area contributed by atoms with Gasteiger partial charge in [-0.1, -0.05) is 35.9 Å². The maximum Gasteiger partial charge on any atom is 0.257 e. The Balaban J connectivity index is 1.25. The second-order valence-electron chi connectivity index (χ2n) is 9.21. The van der Waals surface area contributed by atoms with Crippen LogP contribution < -0.4 is 21.3 Å². The number of aliphatic hydroxyl groups is 2. The molecule has 6 N–H and O–H groups in total. The first-order valence-electron chi connectivity index (χ1n) is 12.4. The number of amides is 2. The summed E-state index contributed by atoms with van der Waals surface area (Å²) in [6.45, 7) is 1.46. The summed E-state index contributed by atoms with van der Waals surface area (Å²) in [6.07, 6.45) is -1.03. The Morgan fingerprint density at radius 3 is 1.79 bits per heavy atom. The summed E-state index contributed by atoms with van der Waals surface area (Å²) >= 11 is 6.40. The molecule has 0 saturated carbocycles. The number of rotatable bonds is 6. The predicted molar refractivity (Wildman–Crippen MR) is 151 cm³/mol. The van der Waals surface area contributed by atoms with Crippen molar-refractivity contribution < 1.29 is 19.8 Å². The van der Waals surface area contributed by atoms with E-state index in [1.165, 1.54) is 18.2 Å². The van der Waals surface area contributed by atoms with Crippen molar-refractivity contribution in [2.24, 2.45) is 9.98 Å². The van der Waals surface area contributed by atoms with E-state index in [2.05, 4.69) is 31.3 Å². The first-order valence-corrected chi connectivity index (χ1v) is 12.8. The van der Waals surface area contributed by atoms with Crippen molar-refractivity contribution in [3.05, 3.63) is 94.0 Å². The minimum absolute atomic E-state index is 0.136. The molecular weight excluding hydrogens is 520 g/mol. The molecule has 39 heavy (non-hydrogen) atoms. The molecule has 2 heterocycles. The van der Waals surface area contributed by atoms with Gasteiger partial charge in [-0.15, -0.1) is 0 Å². The van der Waals surface area contributed by atoms with E-state index in [1.54, 1.807) is 36.4 Å². The van der Waals surface area contributed by atoms with Crippen molar-refractivity contribution in [1.29, 1.82) is 0 Å². The summed E-state index contributed by atoms with van der Waals surface area (Å²) in [5, 5.41) is 31.2. The number of nitrogens with zero attached hydrogens (tertiary/aromatic N) is 2. The maximum atomic E-state index is 12.9. The Morgan fingerprint density at radius 1 is 0.769 bits per heavy atom. The smallest absolute Gasteiger partial charge is 0.257 e. The van der Waals surface area contributed by atoms with E-state index in [0.717, 1.165) is 11.1 Å². The molecule has 0 radical (unpaired) electrons. The quantitative estimate of drug-likeness (QED) is 0.279. The van der Waals surface area contributed by atoms with Crippen LogP contribution in [0, 0.1) is 0 Å². The van der Waals surface area contributed by atoms with Crippen LogP contribution in [0.1, 0.15) is 31.8 Å². The summed E-state index contributed by atoms with van der Waals surface area (Å²) in [4.78, 5) is 34.5. The van der Waals surface area contributed by atoms with Crippen molar-refractivity contribution in [3.63, 3.8) is 0 Å². The number of anilines is 2. The molecule has 0 bridgehead atoms. The van der Waals surface area contributed by atoms with Crippen LogP contribution in [0.5, 0.6) is 0 Å². The Kier molecular flexibility index (Phi) is 7.87. The van der Waals surface area contributed by atoms with Gasteiger partial charge in [0, 0.05) is 41.2 Å². The number of aliphatic imine (C=N–C) groups is 2. The number of aliphatic hydroxyl groups excluding tert-OH is 2. The van der Waals surface area contributed by atoms with Crippen molar-refractivity contribution in [2.75, 3.05) is 36.8 Å². The molecule has 2 amide bonds. The molecule has 200 valence electrons. The van der Waals surface area contributed by atoms with E-state index in [1.807, 2.05) is 12.1 Å². The van der Waals surface area contributed by atoms with Gasteiger partial charge in [0.05, 0.1) is 35.9 Å². The van der Waals surface area contributed by atoms with E-state index in [0.29, 0.717) is 54.8 Å². The third-order valence-electron chi connectivity index (χ3n) is 6.19. The zero-order valence-corrected chi connectivity index (χ0v) is 21.6. The number of amidine groups is 2. The lowest BCUT2D eigenvalue weighted by molar-refractivity contribution is 0.101. The number of hydrogen-bond acceptors (Lipinski definition) is 8. The molecule has 10 nitrogen and oxygen atoms in total. The van der Waals surface area contributed by atoms with Gasteiger partial charge in [0.2, 0.25) is 0 Å². The summed E-state index contributed by atoms with van der Waals surface area (Å²) in [6, 6.07) is 18.9. The molecule has 11 heteroatoms. The molecule has 0 spiro atoms. The zero-order valence-electron chi connectivity index (χ0n) is 20.8. The predicted octanol–water partition coefficient (Wildman–Crippen LogP) is 2.27. The van der Waals surface area contributed by atoms with Gasteiger partial charge in [-0.25, -0.2) is 0 Å². The lowest BCUT2D eigenvalue weighted by atomic mass is 10.1. The minimum atomic E-state index is -0.515.